The Balaban J connectivity index is 1.86. The molecule has 2 amide bonds. The van der Waals surface area contributed by atoms with E-state index in [4.69, 9.17) is 9.47 Å². The summed E-state index contributed by atoms with van der Waals surface area (Å²) in [5.74, 6) is 0.980. The minimum absolute atomic E-state index is 0.136. The lowest BCUT2D eigenvalue weighted by molar-refractivity contribution is -0.126. The van der Waals surface area contributed by atoms with E-state index < -0.39 is 6.04 Å². The zero-order chi connectivity index (χ0) is 21.0. The number of anilines is 1. The number of aryl methyl sites for hydroxylation is 1. The third-order valence-electron chi connectivity index (χ3n) is 4.97. The molecule has 0 aromatic heterocycles. The highest BCUT2D eigenvalue weighted by molar-refractivity contribution is 6.06. The third-order valence-corrected chi connectivity index (χ3v) is 4.97. The van der Waals surface area contributed by atoms with Crippen molar-refractivity contribution in [3.63, 3.8) is 0 Å². The second-order valence-corrected chi connectivity index (χ2v) is 7.31. The van der Waals surface area contributed by atoms with E-state index in [-0.39, 0.29) is 11.8 Å². The SMILES string of the molecule is CCCCOc1ccc(CN2C(=O)C(NC(C)=O)c3cc(C)ccc32)cc1OC. The van der Waals surface area contributed by atoms with Crippen LogP contribution in [0.3, 0.4) is 0 Å². The van der Waals surface area contributed by atoms with Crippen molar-refractivity contribution in [3.05, 3.63) is 53.1 Å². The van der Waals surface area contributed by atoms with Crippen molar-refractivity contribution in [1.82, 2.24) is 5.32 Å². The average molecular weight is 396 g/mol. The second kappa shape index (κ2) is 8.99. The molecule has 0 saturated heterocycles. The van der Waals surface area contributed by atoms with Crippen molar-refractivity contribution in [1.29, 1.82) is 0 Å². The number of unbranched alkanes of at least 4 members (excludes halogenated alkanes) is 1. The maximum Gasteiger partial charge on any atom is 0.254 e. The van der Waals surface area contributed by atoms with Crippen LogP contribution in [0.5, 0.6) is 11.5 Å². The van der Waals surface area contributed by atoms with Gasteiger partial charge in [-0.15, -0.1) is 0 Å². The number of hydrogen-bond donors (Lipinski definition) is 1. The van der Waals surface area contributed by atoms with Crippen LogP contribution in [0.2, 0.25) is 0 Å². The molecule has 0 bridgehead atoms. The van der Waals surface area contributed by atoms with Crippen LogP contribution in [0.15, 0.2) is 36.4 Å². The number of nitrogens with one attached hydrogen (secondary N) is 1. The molecular weight excluding hydrogens is 368 g/mol. The summed E-state index contributed by atoms with van der Waals surface area (Å²) in [6, 6.07) is 10.9. The molecule has 29 heavy (non-hydrogen) atoms. The number of carbonyl (C=O) groups is 2. The molecule has 1 aliphatic rings. The quantitative estimate of drug-likeness (QED) is 0.687. The van der Waals surface area contributed by atoms with Crippen LogP contribution in [0.4, 0.5) is 5.69 Å². The van der Waals surface area contributed by atoms with Gasteiger partial charge in [0, 0.05) is 18.2 Å². The van der Waals surface area contributed by atoms with E-state index in [0.29, 0.717) is 24.7 Å². The third kappa shape index (κ3) is 4.53. The average Bonchev–Trinajstić information content (AvgIpc) is 2.93. The molecule has 6 nitrogen and oxygen atoms in total. The molecule has 2 aromatic rings. The highest BCUT2D eigenvalue weighted by Gasteiger charge is 2.37. The van der Waals surface area contributed by atoms with Gasteiger partial charge in [0.05, 0.1) is 20.3 Å². The van der Waals surface area contributed by atoms with E-state index in [1.165, 1.54) is 6.92 Å². The normalized spacial score (nSPS) is 15.2. The van der Waals surface area contributed by atoms with Crippen LogP contribution in [0, 0.1) is 6.92 Å². The Morgan fingerprint density at radius 2 is 1.97 bits per heavy atom. The summed E-state index contributed by atoms with van der Waals surface area (Å²) >= 11 is 0. The van der Waals surface area contributed by atoms with Crippen LogP contribution in [0.1, 0.15) is 49.4 Å². The predicted molar refractivity (Wildman–Crippen MR) is 112 cm³/mol. The van der Waals surface area contributed by atoms with E-state index >= 15 is 0 Å². The molecule has 1 unspecified atom stereocenters. The second-order valence-electron chi connectivity index (χ2n) is 7.31. The number of amides is 2. The Morgan fingerprint density at radius 1 is 1.17 bits per heavy atom. The molecule has 6 heteroatoms. The summed E-state index contributed by atoms with van der Waals surface area (Å²) in [4.78, 5) is 26.4. The largest absolute Gasteiger partial charge is 0.493 e. The summed E-state index contributed by atoms with van der Waals surface area (Å²) in [7, 11) is 1.61. The van der Waals surface area contributed by atoms with E-state index in [1.54, 1.807) is 12.0 Å². The molecule has 0 spiro atoms. The minimum atomic E-state index is -0.652. The first-order valence-corrected chi connectivity index (χ1v) is 9.93. The van der Waals surface area contributed by atoms with Crippen molar-refractivity contribution in [2.24, 2.45) is 0 Å². The van der Waals surface area contributed by atoms with Gasteiger partial charge >= 0.3 is 0 Å². The number of nitrogens with zero attached hydrogens (tertiary/aromatic N) is 1. The Bertz CT molecular complexity index is 910. The Labute approximate surface area is 171 Å². The summed E-state index contributed by atoms with van der Waals surface area (Å²) < 4.78 is 11.3. The molecular formula is C23H28N2O4. The number of benzene rings is 2. The number of ether oxygens (including phenoxy) is 2. The monoisotopic (exact) mass is 396 g/mol. The van der Waals surface area contributed by atoms with Crippen LogP contribution >= 0.6 is 0 Å². The number of carbonyl (C=O) groups excluding carboxylic acids is 2. The lowest BCUT2D eigenvalue weighted by Crippen LogP contribution is -2.36. The van der Waals surface area contributed by atoms with Gasteiger partial charge in [-0.3, -0.25) is 9.59 Å². The van der Waals surface area contributed by atoms with Gasteiger partial charge in [-0.2, -0.15) is 0 Å². The summed E-state index contributed by atoms with van der Waals surface area (Å²) in [6.45, 7) is 6.54. The van der Waals surface area contributed by atoms with Crippen LogP contribution in [0.25, 0.3) is 0 Å². The molecule has 1 heterocycles. The number of fused-ring (bicyclic) bond motifs is 1. The summed E-state index contributed by atoms with van der Waals surface area (Å²) in [6.07, 6.45) is 2.04. The Hall–Kier alpha value is -3.02. The molecule has 0 fully saturated rings. The van der Waals surface area contributed by atoms with Gasteiger partial charge in [-0.25, -0.2) is 0 Å². The number of hydrogen-bond acceptors (Lipinski definition) is 4. The van der Waals surface area contributed by atoms with Gasteiger partial charge in [0.15, 0.2) is 11.5 Å². The van der Waals surface area contributed by atoms with Gasteiger partial charge in [0.25, 0.3) is 5.91 Å². The molecule has 0 saturated carbocycles. The highest BCUT2D eigenvalue weighted by atomic mass is 16.5. The van der Waals surface area contributed by atoms with Crippen LogP contribution < -0.4 is 19.7 Å². The van der Waals surface area contributed by atoms with Gasteiger partial charge in [-0.1, -0.05) is 37.1 Å². The molecule has 0 aliphatic carbocycles. The first-order chi connectivity index (χ1) is 13.9. The summed E-state index contributed by atoms with van der Waals surface area (Å²) in [5, 5.41) is 2.78. The molecule has 1 N–H and O–H groups in total. The van der Waals surface area contributed by atoms with Gasteiger partial charge in [0.2, 0.25) is 5.91 Å². The zero-order valence-corrected chi connectivity index (χ0v) is 17.5. The first-order valence-electron chi connectivity index (χ1n) is 9.93. The molecule has 0 radical (unpaired) electrons. The molecule has 154 valence electrons. The number of rotatable bonds is 8. The zero-order valence-electron chi connectivity index (χ0n) is 17.5. The topological polar surface area (TPSA) is 67.9 Å². The lowest BCUT2D eigenvalue weighted by Gasteiger charge is -2.19. The van der Waals surface area contributed by atoms with E-state index in [2.05, 4.69) is 12.2 Å². The molecule has 3 rings (SSSR count). The fourth-order valence-electron chi connectivity index (χ4n) is 3.50. The van der Waals surface area contributed by atoms with E-state index in [9.17, 15) is 9.59 Å². The van der Waals surface area contributed by atoms with Crippen molar-refractivity contribution >= 4 is 17.5 Å². The molecule has 1 aliphatic heterocycles. The standard InChI is InChI=1S/C23H28N2O4/c1-5-6-11-29-20-10-8-17(13-21(20)28-4)14-25-19-9-7-15(2)12-18(19)22(23(25)27)24-16(3)26/h7-10,12-13,22H,5-6,11,14H2,1-4H3,(H,24,26). The Kier molecular flexibility index (Phi) is 6.42. The molecule has 2 aromatic carbocycles. The first kappa shape index (κ1) is 20.7. The highest BCUT2D eigenvalue weighted by Crippen LogP contribution is 2.38. The number of methoxy groups -OCH3 is 1. The fraction of sp³-hybridized carbons (Fsp3) is 0.391. The van der Waals surface area contributed by atoms with Crippen molar-refractivity contribution in [2.45, 2.75) is 46.2 Å². The van der Waals surface area contributed by atoms with Crippen molar-refractivity contribution < 1.29 is 19.1 Å². The van der Waals surface area contributed by atoms with E-state index in [0.717, 1.165) is 35.2 Å². The van der Waals surface area contributed by atoms with E-state index in [1.807, 2.05) is 43.3 Å². The lowest BCUT2D eigenvalue weighted by atomic mass is 10.1. The smallest absolute Gasteiger partial charge is 0.254 e. The fourth-order valence-corrected chi connectivity index (χ4v) is 3.50. The molecule has 1 atom stereocenters. The van der Waals surface area contributed by atoms with Crippen molar-refractivity contribution in [3.8, 4) is 11.5 Å². The van der Waals surface area contributed by atoms with Crippen LogP contribution in [-0.4, -0.2) is 25.5 Å². The van der Waals surface area contributed by atoms with Gasteiger partial charge < -0.3 is 19.7 Å². The predicted octanol–water partition coefficient (Wildman–Crippen LogP) is 3.91. The summed E-state index contributed by atoms with van der Waals surface area (Å²) in [5.41, 5.74) is 3.62. The minimum Gasteiger partial charge on any atom is -0.493 e. The maximum absolute atomic E-state index is 13.1. The van der Waals surface area contributed by atoms with Crippen LogP contribution in [-0.2, 0) is 16.1 Å². The van der Waals surface area contributed by atoms with Gasteiger partial charge in [0.1, 0.15) is 6.04 Å². The Morgan fingerprint density at radius 3 is 2.66 bits per heavy atom. The van der Waals surface area contributed by atoms with Gasteiger partial charge in [-0.05, 0) is 37.1 Å². The maximum atomic E-state index is 13.1. The van der Waals surface area contributed by atoms with Crippen molar-refractivity contribution in [2.75, 3.05) is 18.6 Å².